The van der Waals surface area contributed by atoms with Gasteiger partial charge >= 0.3 is 0 Å². The van der Waals surface area contributed by atoms with E-state index in [1.807, 2.05) is 6.07 Å². The third-order valence-corrected chi connectivity index (χ3v) is 3.13. The average molecular weight is 166 g/mol. The first-order valence-corrected chi connectivity index (χ1v) is 4.77. The molecule has 1 aliphatic rings. The lowest BCUT2D eigenvalue weighted by molar-refractivity contribution is 0.605. The number of sulfone groups is 1. The third kappa shape index (κ3) is 0.886. The first-order valence-electron chi connectivity index (χ1n) is 3.22. The minimum atomic E-state index is -3.09. The Morgan fingerprint density at radius 2 is 1.82 bits per heavy atom. The molecule has 0 unspecified atom stereocenters. The van der Waals surface area contributed by atoms with E-state index in [1.165, 1.54) is 5.41 Å². The number of fused-ring (bicyclic) bond motifs is 1. The van der Waals surface area contributed by atoms with E-state index in [-0.39, 0.29) is 0 Å². The van der Waals surface area contributed by atoms with E-state index in [0.717, 1.165) is 5.56 Å². The second kappa shape index (κ2) is 1.95. The van der Waals surface area contributed by atoms with Gasteiger partial charge in [0, 0.05) is 5.41 Å². The van der Waals surface area contributed by atoms with Gasteiger partial charge in [-0.1, -0.05) is 18.2 Å². The molecular formula is C8H6O2S. The standard InChI is InChI=1S/C8H6O2S/c9-11(10)6-5-7-3-1-2-4-8(7)11/h1-6H. The van der Waals surface area contributed by atoms with Crippen LogP contribution in [0.5, 0.6) is 0 Å². The molecule has 3 heteroatoms. The van der Waals surface area contributed by atoms with Crippen LogP contribution in [0.1, 0.15) is 5.56 Å². The van der Waals surface area contributed by atoms with Gasteiger partial charge in [-0.25, -0.2) is 8.42 Å². The molecule has 1 aromatic carbocycles. The average Bonchev–Trinajstić information content (AvgIpc) is 2.29. The molecule has 0 saturated carbocycles. The van der Waals surface area contributed by atoms with Gasteiger partial charge in [0.15, 0.2) is 9.84 Å². The zero-order valence-electron chi connectivity index (χ0n) is 5.69. The van der Waals surface area contributed by atoms with Crippen LogP contribution >= 0.6 is 0 Å². The van der Waals surface area contributed by atoms with Crippen molar-refractivity contribution in [3.63, 3.8) is 0 Å². The first kappa shape index (κ1) is 6.61. The number of benzene rings is 1. The molecular weight excluding hydrogens is 160 g/mol. The fourth-order valence-corrected chi connectivity index (χ4v) is 2.32. The van der Waals surface area contributed by atoms with Crippen molar-refractivity contribution in [3.8, 4) is 0 Å². The molecule has 0 spiro atoms. The van der Waals surface area contributed by atoms with Crippen LogP contribution < -0.4 is 0 Å². The van der Waals surface area contributed by atoms with Crippen LogP contribution in [-0.4, -0.2) is 8.42 Å². The Bertz CT molecular complexity index is 415. The Kier molecular flexibility index (Phi) is 1.17. The summed E-state index contributed by atoms with van der Waals surface area (Å²) in [4.78, 5) is 0.417. The van der Waals surface area contributed by atoms with Crippen molar-refractivity contribution in [3.05, 3.63) is 35.2 Å². The van der Waals surface area contributed by atoms with Crippen LogP contribution in [0.2, 0.25) is 0 Å². The summed E-state index contributed by atoms with van der Waals surface area (Å²) < 4.78 is 22.3. The van der Waals surface area contributed by atoms with Gasteiger partial charge in [0.05, 0.1) is 4.90 Å². The predicted molar refractivity (Wildman–Crippen MR) is 42.7 cm³/mol. The van der Waals surface area contributed by atoms with E-state index < -0.39 is 9.84 Å². The SMILES string of the molecule is O=S1(=O)C=Cc2ccccc21. The van der Waals surface area contributed by atoms with Crippen LogP contribution in [0.15, 0.2) is 34.6 Å². The fourth-order valence-electron chi connectivity index (χ4n) is 1.11. The molecule has 0 radical (unpaired) electrons. The van der Waals surface area contributed by atoms with Gasteiger partial charge in [-0.2, -0.15) is 0 Å². The van der Waals surface area contributed by atoms with E-state index in [4.69, 9.17) is 0 Å². The van der Waals surface area contributed by atoms with Gasteiger partial charge in [-0.3, -0.25) is 0 Å². The largest absolute Gasteiger partial charge is 0.219 e. The van der Waals surface area contributed by atoms with Crippen molar-refractivity contribution in [2.45, 2.75) is 4.90 Å². The van der Waals surface area contributed by atoms with E-state index >= 15 is 0 Å². The minimum Gasteiger partial charge on any atom is -0.219 e. The van der Waals surface area contributed by atoms with Gasteiger partial charge in [-0.15, -0.1) is 0 Å². The Morgan fingerprint density at radius 1 is 1.09 bits per heavy atom. The smallest absolute Gasteiger partial charge is 0.200 e. The van der Waals surface area contributed by atoms with Crippen molar-refractivity contribution < 1.29 is 8.42 Å². The lowest BCUT2D eigenvalue weighted by Gasteiger charge is -1.94. The summed E-state index contributed by atoms with van der Waals surface area (Å²) in [6.45, 7) is 0. The quantitative estimate of drug-likeness (QED) is 0.584. The molecule has 1 heterocycles. The van der Waals surface area contributed by atoms with Gasteiger partial charge in [0.1, 0.15) is 0 Å². The van der Waals surface area contributed by atoms with E-state index in [9.17, 15) is 8.42 Å². The van der Waals surface area contributed by atoms with Crippen molar-refractivity contribution >= 4 is 15.9 Å². The lowest BCUT2D eigenvalue weighted by atomic mass is 10.2. The highest BCUT2D eigenvalue weighted by Gasteiger charge is 2.18. The topological polar surface area (TPSA) is 34.1 Å². The number of hydrogen-bond donors (Lipinski definition) is 0. The second-order valence-corrected chi connectivity index (χ2v) is 4.19. The molecule has 1 aliphatic heterocycles. The maximum absolute atomic E-state index is 11.2. The highest BCUT2D eigenvalue weighted by atomic mass is 32.2. The van der Waals surface area contributed by atoms with E-state index in [2.05, 4.69) is 0 Å². The Hall–Kier alpha value is -1.09. The second-order valence-electron chi connectivity index (χ2n) is 2.39. The number of hydrogen-bond acceptors (Lipinski definition) is 2. The molecule has 2 nitrogen and oxygen atoms in total. The molecule has 0 N–H and O–H groups in total. The van der Waals surface area contributed by atoms with Crippen molar-refractivity contribution in [2.75, 3.05) is 0 Å². The summed E-state index contributed by atoms with van der Waals surface area (Å²) in [5.41, 5.74) is 0.785. The molecule has 11 heavy (non-hydrogen) atoms. The maximum atomic E-state index is 11.2. The summed E-state index contributed by atoms with van der Waals surface area (Å²) in [6, 6.07) is 6.95. The molecule has 0 aromatic heterocycles. The summed E-state index contributed by atoms with van der Waals surface area (Å²) >= 11 is 0. The lowest BCUT2D eigenvalue weighted by Crippen LogP contribution is -1.91. The molecule has 0 bridgehead atoms. The Balaban J connectivity index is 2.84. The van der Waals surface area contributed by atoms with Crippen LogP contribution in [-0.2, 0) is 9.84 Å². The molecule has 0 aliphatic carbocycles. The monoisotopic (exact) mass is 166 g/mol. The van der Waals surface area contributed by atoms with Gasteiger partial charge < -0.3 is 0 Å². The zero-order valence-corrected chi connectivity index (χ0v) is 6.51. The Labute approximate surface area is 65.1 Å². The van der Waals surface area contributed by atoms with E-state index in [0.29, 0.717) is 4.90 Å². The van der Waals surface area contributed by atoms with Crippen molar-refractivity contribution in [1.29, 1.82) is 0 Å². The normalized spacial score (nSPS) is 18.2. The molecule has 0 amide bonds. The third-order valence-electron chi connectivity index (χ3n) is 1.65. The van der Waals surface area contributed by atoms with Crippen LogP contribution in [0.25, 0.3) is 6.08 Å². The fraction of sp³-hybridized carbons (Fsp3) is 0. The predicted octanol–water partition coefficient (Wildman–Crippen LogP) is 1.44. The van der Waals surface area contributed by atoms with E-state index in [1.54, 1.807) is 24.3 Å². The van der Waals surface area contributed by atoms with Crippen molar-refractivity contribution in [1.82, 2.24) is 0 Å². The minimum absolute atomic E-state index is 0.417. The van der Waals surface area contributed by atoms with Gasteiger partial charge in [-0.05, 0) is 17.7 Å². The van der Waals surface area contributed by atoms with Gasteiger partial charge in [0.25, 0.3) is 0 Å². The zero-order chi connectivity index (χ0) is 7.90. The summed E-state index contributed by atoms with van der Waals surface area (Å²) in [6.07, 6.45) is 1.62. The molecule has 56 valence electrons. The highest BCUT2D eigenvalue weighted by Crippen LogP contribution is 2.25. The van der Waals surface area contributed by atoms with Crippen LogP contribution in [0, 0.1) is 0 Å². The first-order chi connectivity index (χ1) is 5.20. The Morgan fingerprint density at radius 3 is 2.55 bits per heavy atom. The summed E-state index contributed by atoms with van der Waals surface area (Å²) in [5, 5.41) is 1.23. The molecule has 0 atom stereocenters. The molecule has 2 rings (SSSR count). The summed E-state index contributed by atoms with van der Waals surface area (Å²) in [5.74, 6) is 0. The van der Waals surface area contributed by atoms with Crippen LogP contribution in [0.3, 0.4) is 0 Å². The van der Waals surface area contributed by atoms with Crippen LogP contribution in [0.4, 0.5) is 0 Å². The highest BCUT2D eigenvalue weighted by molar-refractivity contribution is 7.94. The molecule has 1 aromatic rings. The molecule has 0 saturated heterocycles. The number of rotatable bonds is 0. The molecule has 0 fully saturated rings. The van der Waals surface area contributed by atoms with Crippen molar-refractivity contribution in [2.24, 2.45) is 0 Å². The maximum Gasteiger partial charge on any atom is 0.200 e. The van der Waals surface area contributed by atoms with Gasteiger partial charge in [0.2, 0.25) is 0 Å². The summed E-state index contributed by atoms with van der Waals surface area (Å²) in [7, 11) is -3.09.